The van der Waals surface area contributed by atoms with E-state index in [0.29, 0.717) is 0 Å². The van der Waals surface area contributed by atoms with Crippen LogP contribution >= 0.6 is 0 Å². The van der Waals surface area contributed by atoms with Gasteiger partial charge < -0.3 is 0 Å². The van der Waals surface area contributed by atoms with Crippen LogP contribution in [-0.4, -0.2) is 0 Å². The summed E-state index contributed by atoms with van der Waals surface area (Å²) < 4.78 is 0. The smallest absolute Gasteiger partial charge is 0.00854 e. The second-order valence-electron chi connectivity index (χ2n) is 4.08. The van der Waals surface area contributed by atoms with Gasteiger partial charge in [0.1, 0.15) is 0 Å². The van der Waals surface area contributed by atoms with Gasteiger partial charge in [0.2, 0.25) is 0 Å². The fraction of sp³-hybridized carbons (Fsp3) is 0.429. The summed E-state index contributed by atoms with van der Waals surface area (Å²) in [5.41, 5.74) is 7.53. The third kappa shape index (κ3) is 1.39. The first-order valence-corrected chi connectivity index (χ1v) is 5.58. The molecule has 0 heteroatoms. The standard InChI is InChI=1S/C14H18/c1-4-11-8-13-7-6-10(3)14(13)9-12(11)5-2/h6,8-9H,4-5,7H2,1-3H3. The van der Waals surface area contributed by atoms with E-state index in [1.807, 2.05) is 0 Å². The first-order chi connectivity index (χ1) is 6.76. The van der Waals surface area contributed by atoms with Gasteiger partial charge in [-0.1, -0.05) is 32.1 Å². The minimum absolute atomic E-state index is 1.14. The Bertz CT molecular complexity index is 383. The van der Waals surface area contributed by atoms with E-state index in [1.165, 1.54) is 27.8 Å². The van der Waals surface area contributed by atoms with Crippen LogP contribution in [0.2, 0.25) is 0 Å². The number of benzene rings is 1. The Balaban J connectivity index is 2.53. The molecular weight excluding hydrogens is 168 g/mol. The number of fused-ring (bicyclic) bond motifs is 1. The number of hydrogen-bond donors (Lipinski definition) is 0. The van der Waals surface area contributed by atoms with Crippen LogP contribution in [-0.2, 0) is 19.3 Å². The molecule has 1 aliphatic carbocycles. The number of aryl methyl sites for hydroxylation is 2. The number of rotatable bonds is 2. The van der Waals surface area contributed by atoms with Gasteiger partial charge in [-0.05, 0) is 54.0 Å². The Labute approximate surface area is 86.7 Å². The summed E-state index contributed by atoms with van der Waals surface area (Å²) in [4.78, 5) is 0. The first-order valence-electron chi connectivity index (χ1n) is 5.58. The lowest BCUT2D eigenvalue weighted by molar-refractivity contribution is 1.03. The zero-order chi connectivity index (χ0) is 10.1. The van der Waals surface area contributed by atoms with Crippen molar-refractivity contribution in [2.45, 2.75) is 40.0 Å². The monoisotopic (exact) mass is 186 g/mol. The van der Waals surface area contributed by atoms with E-state index in [0.717, 1.165) is 19.3 Å². The molecule has 0 heterocycles. The SMILES string of the molecule is CCc1cc2c(cc1CC)C(C)=CC2. The topological polar surface area (TPSA) is 0 Å². The molecule has 2 rings (SSSR count). The summed E-state index contributed by atoms with van der Waals surface area (Å²) in [7, 11) is 0. The molecular formula is C14H18. The van der Waals surface area contributed by atoms with Crippen LogP contribution in [0.4, 0.5) is 0 Å². The van der Waals surface area contributed by atoms with Crippen molar-refractivity contribution in [2.75, 3.05) is 0 Å². The Morgan fingerprint density at radius 1 is 1.07 bits per heavy atom. The quantitative estimate of drug-likeness (QED) is 0.659. The van der Waals surface area contributed by atoms with Crippen LogP contribution in [0, 0.1) is 0 Å². The van der Waals surface area contributed by atoms with Crippen molar-refractivity contribution >= 4 is 5.57 Å². The maximum Gasteiger partial charge on any atom is -0.00854 e. The van der Waals surface area contributed by atoms with E-state index in [2.05, 4.69) is 39.0 Å². The summed E-state index contributed by atoms with van der Waals surface area (Å²) in [5, 5.41) is 0. The van der Waals surface area contributed by atoms with Crippen LogP contribution in [0.15, 0.2) is 18.2 Å². The Morgan fingerprint density at radius 3 is 2.36 bits per heavy atom. The van der Waals surface area contributed by atoms with Crippen LogP contribution in [0.1, 0.15) is 43.0 Å². The second kappa shape index (κ2) is 3.61. The highest BCUT2D eigenvalue weighted by Crippen LogP contribution is 2.30. The largest absolute Gasteiger partial charge is 0.0766 e. The lowest BCUT2D eigenvalue weighted by Crippen LogP contribution is -1.95. The van der Waals surface area contributed by atoms with Crippen molar-refractivity contribution in [3.8, 4) is 0 Å². The molecule has 0 spiro atoms. The molecule has 0 fully saturated rings. The Hall–Kier alpha value is -1.04. The first kappa shape index (κ1) is 9.51. The molecule has 0 aliphatic heterocycles. The summed E-state index contributed by atoms with van der Waals surface area (Å²) >= 11 is 0. The summed E-state index contributed by atoms with van der Waals surface area (Å²) in [6.45, 7) is 6.71. The minimum atomic E-state index is 1.14. The number of allylic oxidation sites excluding steroid dienone is 2. The van der Waals surface area contributed by atoms with Crippen molar-refractivity contribution in [3.63, 3.8) is 0 Å². The van der Waals surface area contributed by atoms with Gasteiger partial charge in [0.25, 0.3) is 0 Å². The van der Waals surface area contributed by atoms with Gasteiger partial charge in [0.05, 0.1) is 0 Å². The van der Waals surface area contributed by atoms with E-state index in [4.69, 9.17) is 0 Å². The predicted molar refractivity (Wildman–Crippen MR) is 62.6 cm³/mol. The molecule has 1 aromatic rings. The normalized spacial score (nSPS) is 14.1. The van der Waals surface area contributed by atoms with Crippen LogP contribution in [0.25, 0.3) is 5.57 Å². The molecule has 0 N–H and O–H groups in total. The summed E-state index contributed by atoms with van der Waals surface area (Å²) in [5.74, 6) is 0. The number of hydrogen-bond acceptors (Lipinski definition) is 0. The zero-order valence-electron chi connectivity index (χ0n) is 9.35. The third-order valence-electron chi connectivity index (χ3n) is 3.24. The van der Waals surface area contributed by atoms with Gasteiger partial charge in [0, 0.05) is 0 Å². The van der Waals surface area contributed by atoms with Gasteiger partial charge in [-0.2, -0.15) is 0 Å². The molecule has 1 aromatic carbocycles. The van der Waals surface area contributed by atoms with Crippen LogP contribution < -0.4 is 0 Å². The molecule has 0 atom stereocenters. The molecule has 0 amide bonds. The van der Waals surface area contributed by atoms with E-state index in [9.17, 15) is 0 Å². The maximum atomic E-state index is 2.40. The van der Waals surface area contributed by atoms with Crippen LogP contribution in [0.3, 0.4) is 0 Å². The van der Waals surface area contributed by atoms with E-state index in [1.54, 1.807) is 0 Å². The van der Waals surface area contributed by atoms with Crippen molar-refractivity contribution in [3.05, 3.63) is 40.5 Å². The lowest BCUT2D eigenvalue weighted by Gasteiger charge is -2.10. The molecule has 74 valence electrons. The predicted octanol–water partition coefficient (Wildman–Crippen LogP) is 3.77. The average molecular weight is 186 g/mol. The molecule has 0 unspecified atom stereocenters. The molecule has 0 radical (unpaired) electrons. The molecule has 0 saturated carbocycles. The Kier molecular flexibility index (Phi) is 2.45. The molecule has 0 aromatic heterocycles. The molecule has 14 heavy (non-hydrogen) atoms. The fourth-order valence-electron chi connectivity index (χ4n) is 2.31. The summed E-state index contributed by atoms with van der Waals surface area (Å²) in [6, 6.07) is 4.80. The minimum Gasteiger partial charge on any atom is -0.0766 e. The van der Waals surface area contributed by atoms with Crippen molar-refractivity contribution in [1.82, 2.24) is 0 Å². The third-order valence-corrected chi connectivity index (χ3v) is 3.24. The van der Waals surface area contributed by atoms with Gasteiger partial charge in [-0.25, -0.2) is 0 Å². The summed E-state index contributed by atoms with van der Waals surface area (Å²) in [6.07, 6.45) is 5.79. The second-order valence-corrected chi connectivity index (χ2v) is 4.08. The van der Waals surface area contributed by atoms with E-state index >= 15 is 0 Å². The fourth-order valence-corrected chi connectivity index (χ4v) is 2.31. The molecule has 0 bridgehead atoms. The molecule has 0 saturated heterocycles. The maximum absolute atomic E-state index is 2.40. The van der Waals surface area contributed by atoms with Crippen molar-refractivity contribution in [2.24, 2.45) is 0 Å². The highest BCUT2D eigenvalue weighted by molar-refractivity contribution is 5.72. The van der Waals surface area contributed by atoms with E-state index < -0.39 is 0 Å². The zero-order valence-corrected chi connectivity index (χ0v) is 9.35. The van der Waals surface area contributed by atoms with Gasteiger partial charge in [-0.3, -0.25) is 0 Å². The van der Waals surface area contributed by atoms with Gasteiger partial charge in [-0.15, -0.1) is 0 Å². The highest BCUT2D eigenvalue weighted by atomic mass is 14.2. The highest BCUT2D eigenvalue weighted by Gasteiger charge is 2.12. The van der Waals surface area contributed by atoms with Crippen LogP contribution in [0.5, 0.6) is 0 Å². The molecule has 0 nitrogen and oxygen atoms in total. The van der Waals surface area contributed by atoms with Gasteiger partial charge >= 0.3 is 0 Å². The Morgan fingerprint density at radius 2 is 1.71 bits per heavy atom. The van der Waals surface area contributed by atoms with Crippen molar-refractivity contribution < 1.29 is 0 Å². The lowest BCUT2D eigenvalue weighted by atomic mass is 9.95. The van der Waals surface area contributed by atoms with Crippen molar-refractivity contribution in [1.29, 1.82) is 0 Å². The van der Waals surface area contributed by atoms with E-state index in [-0.39, 0.29) is 0 Å². The molecule has 1 aliphatic rings. The van der Waals surface area contributed by atoms with Gasteiger partial charge in [0.15, 0.2) is 0 Å². The average Bonchev–Trinajstić information content (AvgIpc) is 2.58.